The number of hydrogen-bond donors (Lipinski definition) is 1. The van der Waals surface area contributed by atoms with Crippen LogP contribution in [-0.2, 0) is 6.54 Å². The van der Waals surface area contributed by atoms with Gasteiger partial charge in [0.1, 0.15) is 0 Å². The first-order valence-corrected chi connectivity index (χ1v) is 7.37. The van der Waals surface area contributed by atoms with Gasteiger partial charge in [-0.05, 0) is 37.4 Å². The molecule has 1 aromatic rings. The van der Waals surface area contributed by atoms with Gasteiger partial charge in [-0.3, -0.25) is 0 Å². The number of thiophene rings is 1. The Kier molecular flexibility index (Phi) is 3.26. The maximum Gasteiger partial charge on any atom is 0.317 e. The molecular weight excluding hydrogens is 246 g/mol. The summed E-state index contributed by atoms with van der Waals surface area (Å²) in [6.45, 7) is 3.64. The molecule has 98 valence electrons. The molecule has 0 saturated carbocycles. The first-order valence-electron chi connectivity index (χ1n) is 6.49. The lowest BCUT2D eigenvalue weighted by Gasteiger charge is -2.20. The summed E-state index contributed by atoms with van der Waals surface area (Å²) in [5, 5.41) is 5.05. The summed E-state index contributed by atoms with van der Waals surface area (Å²) in [6.07, 6.45) is 1.23. The van der Waals surface area contributed by atoms with Crippen molar-refractivity contribution in [1.29, 1.82) is 0 Å². The Morgan fingerprint density at radius 3 is 3.17 bits per heavy atom. The Morgan fingerprint density at radius 1 is 1.56 bits per heavy atom. The lowest BCUT2D eigenvalue weighted by Crippen LogP contribution is -2.40. The van der Waals surface area contributed by atoms with E-state index in [1.54, 1.807) is 11.3 Å². The molecule has 2 saturated heterocycles. The smallest absolute Gasteiger partial charge is 0.317 e. The Hall–Kier alpha value is -1.07. The number of likely N-dealkylation sites (N-methyl/N-ethyl adjacent to an activating group) is 1. The number of rotatable bonds is 2. The van der Waals surface area contributed by atoms with Gasteiger partial charge < -0.3 is 15.1 Å². The fourth-order valence-electron chi connectivity index (χ4n) is 3.03. The number of carbonyl (C=O) groups excluding carboxylic acids is 1. The number of hydrogen-bond acceptors (Lipinski definition) is 3. The van der Waals surface area contributed by atoms with E-state index in [-0.39, 0.29) is 6.03 Å². The quantitative estimate of drug-likeness (QED) is 0.881. The van der Waals surface area contributed by atoms with Crippen molar-refractivity contribution in [3.05, 3.63) is 22.4 Å². The summed E-state index contributed by atoms with van der Waals surface area (Å²) < 4.78 is 0. The molecule has 0 radical (unpaired) electrons. The Bertz CT molecular complexity index is 420. The van der Waals surface area contributed by atoms with E-state index in [1.807, 2.05) is 16.3 Å². The van der Waals surface area contributed by atoms with Crippen molar-refractivity contribution in [2.24, 2.45) is 5.92 Å². The van der Waals surface area contributed by atoms with E-state index in [0.29, 0.717) is 18.5 Å². The summed E-state index contributed by atoms with van der Waals surface area (Å²) >= 11 is 1.68. The average Bonchev–Trinajstić information content (AvgIpc) is 3.05. The lowest BCUT2D eigenvalue weighted by atomic mass is 10.1. The van der Waals surface area contributed by atoms with E-state index in [0.717, 1.165) is 13.1 Å². The number of nitrogens with one attached hydrogen (secondary N) is 1. The van der Waals surface area contributed by atoms with Gasteiger partial charge in [0.15, 0.2) is 0 Å². The maximum absolute atomic E-state index is 12.1. The molecule has 3 heterocycles. The summed E-state index contributed by atoms with van der Waals surface area (Å²) in [5.74, 6) is 0.683. The van der Waals surface area contributed by atoms with Crippen LogP contribution in [0.3, 0.4) is 0 Å². The van der Waals surface area contributed by atoms with Gasteiger partial charge in [0.05, 0.1) is 6.54 Å². The van der Waals surface area contributed by atoms with Gasteiger partial charge in [0.2, 0.25) is 0 Å². The zero-order chi connectivity index (χ0) is 12.5. The van der Waals surface area contributed by atoms with Crippen molar-refractivity contribution in [3.63, 3.8) is 0 Å². The standard InChI is InChI=1S/C13H19N3OS/c1-15-5-4-10-8-16(9-12(10)15)13(17)14-7-11-3-2-6-18-11/h2-3,6,10,12H,4-5,7-9H2,1H3,(H,14,17)/t10-,12+/m1/s1. The molecule has 0 unspecified atom stereocenters. The molecule has 2 atom stereocenters. The minimum absolute atomic E-state index is 0.0891. The lowest BCUT2D eigenvalue weighted by molar-refractivity contribution is 0.200. The monoisotopic (exact) mass is 265 g/mol. The van der Waals surface area contributed by atoms with Crippen LogP contribution in [-0.4, -0.2) is 48.6 Å². The van der Waals surface area contributed by atoms with Crippen molar-refractivity contribution in [1.82, 2.24) is 15.1 Å². The number of fused-ring (bicyclic) bond motifs is 1. The van der Waals surface area contributed by atoms with Crippen LogP contribution >= 0.6 is 11.3 Å². The van der Waals surface area contributed by atoms with Crippen molar-refractivity contribution in [2.75, 3.05) is 26.7 Å². The second-order valence-corrected chi connectivity index (χ2v) is 6.27. The van der Waals surface area contributed by atoms with Crippen molar-refractivity contribution in [3.8, 4) is 0 Å². The molecule has 5 heteroatoms. The molecule has 2 amide bonds. The molecule has 2 fully saturated rings. The van der Waals surface area contributed by atoms with Crippen LogP contribution in [0.25, 0.3) is 0 Å². The highest BCUT2D eigenvalue weighted by atomic mass is 32.1. The fourth-order valence-corrected chi connectivity index (χ4v) is 3.67. The Balaban J connectivity index is 1.52. The second kappa shape index (κ2) is 4.90. The van der Waals surface area contributed by atoms with Gasteiger partial charge in [0.25, 0.3) is 0 Å². The van der Waals surface area contributed by atoms with Gasteiger partial charge in [-0.2, -0.15) is 0 Å². The number of nitrogens with zero attached hydrogens (tertiary/aromatic N) is 2. The highest BCUT2D eigenvalue weighted by Gasteiger charge is 2.41. The number of amides is 2. The third-order valence-corrected chi connectivity index (χ3v) is 4.98. The molecule has 2 aliphatic rings. The van der Waals surface area contributed by atoms with Gasteiger partial charge >= 0.3 is 6.03 Å². The molecule has 2 aliphatic heterocycles. The zero-order valence-corrected chi connectivity index (χ0v) is 11.4. The number of carbonyl (C=O) groups is 1. The SMILES string of the molecule is CN1CC[C@@H]2CN(C(=O)NCc3cccs3)C[C@@H]21. The molecule has 0 bridgehead atoms. The zero-order valence-electron chi connectivity index (χ0n) is 10.6. The Morgan fingerprint density at radius 2 is 2.44 bits per heavy atom. The predicted molar refractivity (Wildman–Crippen MR) is 72.7 cm³/mol. The predicted octanol–water partition coefficient (Wildman–Crippen LogP) is 1.59. The minimum atomic E-state index is 0.0891. The van der Waals surface area contributed by atoms with E-state index in [4.69, 9.17) is 0 Å². The molecule has 0 spiro atoms. The van der Waals surface area contributed by atoms with Crippen molar-refractivity contribution >= 4 is 17.4 Å². The van der Waals surface area contributed by atoms with E-state index in [2.05, 4.69) is 23.3 Å². The van der Waals surface area contributed by atoms with E-state index >= 15 is 0 Å². The molecular formula is C13H19N3OS. The van der Waals surface area contributed by atoms with Crippen LogP contribution in [0.2, 0.25) is 0 Å². The van der Waals surface area contributed by atoms with Crippen molar-refractivity contribution < 1.29 is 4.79 Å². The summed E-state index contributed by atoms with van der Waals surface area (Å²) in [6, 6.07) is 4.74. The fraction of sp³-hybridized carbons (Fsp3) is 0.615. The van der Waals surface area contributed by atoms with Crippen LogP contribution < -0.4 is 5.32 Å². The van der Waals surface area contributed by atoms with Crippen LogP contribution in [0.4, 0.5) is 4.79 Å². The minimum Gasteiger partial charge on any atom is -0.333 e. The van der Waals surface area contributed by atoms with Gasteiger partial charge in [-0.25, -0.2) is 4.79 Å². The van der Waals surface area contributed by atoms with Crippen LogP contribution in [0.1, 0.15) is 11.3 Å². The number of likely N-dealkylation sites (tertiary alicyclic amines) is 2. The van der Waals surface area contributed by atoms with Gasteiger partial charge in [0, 0.05) is 24.0 Å². The largest absolute Gasteiger partial charge is 0.333 e. The Labute approximate surface area is 112 Å². The van der Waals surface area contributed by atoms with E-state index < -0.39 is 0 Å². The molecule has 0 aromatic carbocycles. The first-order chi connectivity index (χ1) is 8.74. The van der Waals surface area contributed by atoms with Crippen LogP contribution in [0, 0.1) is 5.92 Å². The third-order valence-electron chi connectivity index (χ3n) is 4.11. The summed E-state index contributed by atoms with van der Waals surface area (Å²) in [7, 11) is 2.16. The van der Waals surface area contributed by atoms with Gasteiger partial charge in [-0.15, -0.1) is 11.3 Å². The topological polar surface area (TPSA) is 35.6 Å². The van der Waals surface area contributed by atoms with E-state index in [1.165, 1.54) is 17.8 Å². The highest BCUT2D eigenvalue weighted by Crippen LogP contribution is 2.30. The molecule has 18 heavy (non-hydrogen) atoms. The normalized spacial score (nSPS) is 27.5. The summed E-state index contributed by atoms with van der Waals surface area (Å²) in [5.41, 5.74) is 0. The number of urea groups is 1. The molecule has 4 nitrogen and oxygen atoms in total. The highest BCUT2D eigenvalue weighted by molar-refractivity contribution is 7.09. The molecule has 1 N–H and O–H groups in total. The average molecular weight is 265 g/mol. The van der Waals surface area contributed by atoms with Crippen molar-refractivity contribution in [2.45, 2.75) is 19.0 Å². The first kappa shape index (κ1) is 12.0. The molecule has 3 rings (SSSR count). The molecule has 1 aromatic heterocycles. The summed E-state index contributed by atoms with van der Waals surface area (Å²) in [4.78, 5) is 17.6. The second-order valence-electron chi connectivity index (χ2n) is 5.24. The van der Waals surface area contributed by atoms with E-state index in [9.17, 15) is 4.79 Å². The van der Waals surface area contributed by atoms with Crippen LogP contribution in [0.15, 0.2) is 17.5 Å². The third kappa shape index (κ3) is 2.24. The molecule has 0 aliphatic carbocycles. The maximum atomic E-state index is 12.1. The van der Waals surface area contributed by atoms with Crippen LogP contribution in [0.5, 0.6) is 0 Å². The van der Waals surface area contributed by atoms with Gasteiger partial charge in [-0.1, -0.05) is 6.07 Å².